The van der Waals surface area contributed by atoms with E-state index >= 15 is 0 Å². The molecule has 10 rings (SSSR count). The maximum absolute atomic E-state index is 4.52. The van der Waals surface area contributed by atoms with Crippen LogP contribution < -0.4 is 4.90 Å². The molecule has 2 heterocycles. The summed E-state index contributed by atoms with van der Waals surface area (Å²) in [7, 11) is 0. The zero-order chi connectivity index (χ0) is 37.4. The van der Waals surface area contributed by atoms with Gasteiger partial charge >= 0.3 is 0 Å². The van der Waals surface area contributed by atoms with Gasteiger partial charge in [0.2, 0.25) is 0 Å². The van der Waals surface area contributed by atoms with E-state index in [4.69, 9.17) is 0 Å². The maximum Gasteiger partial charge on any atom is 0.0547 e. The van der Waals surface area contributed by atoms with Crippen molar-refractivity contribution < 1.29 is 0 Å². The number of hydrogen-bond donors (Lipinski definition) is 0. The fourth-order valence-electron chi connectivity index (χ4n) is 8.43. The lowest BCUT2D eigenvalue weighted by Crippen LogP contribution is -2.20. The largest absolute Gasteiger partial charge is 0.320 e. The molecule has 0 spiro atoms. The summed E-state index contributed by atoms with van der Waals surface area (Å²) in [4.78, 5) is 2.32. The molecule has 266 valence electrons. The van der Waals surface area contributed by atoms with Gasteiger partial charge in [-0.15, -0.1) is 0 Å². The van der Waals surface area contributed by atoms with Gasteiger partial charge in [0.05, 0.1) is 11.0 Å². The average molecular weight is 717 g/mol. The van der Waals surface area contributed by atoms with Gasteiger partial charge in [0, 0.05) is 39.6 Å². The summed E-state index contributed by atoms with van der Waals surface area (Å²) < 4.78 is 2.45. The smallest absolute Gasteiger partial charge is 0.0547 e. The third-order valence-electron chi connectivity index (χ3n) is 11.2. The van der Waals surface area contributed by atoms with Gasteiger partial charge in [0.1, 0.15) is 0 Å². The van der Waals surface area contributed by atoms with E-state index in [1.807, 2.05) is 0 Å². The van der Waals surface area contributed by atoms with Crippen LogP contribution in [-0.4, -0.2) is 4.57 Å². The molecule has 0 unspecified atom stereocenters. The van der Waals surface area contributed by atoms with Crippen LogP contribution in [0, 0.1) is 0 Å². The van der Waals surface area contributed by atoms with Crippen molar-refractivity contribution in [3.8, 4) is 39.1 Å². The quantitative estimate of drug-likeness (QED) is 0.166. The molecule has 7 aromatic carbocycles. The van der Waals surface area contributed by atoms with Crippen molar-refractivity contribution in [3.63, 3.8) is 0 Å². The summed E-state index contributed by atoms with van der Waals surface area (Å²) in [6, 6.07) is 63.8. The average Bonchev–Trinajstić information content (AvgIpc) is 3.59. The maximum atomic E-state index is 4.52. The van der Waals surface area contributed by atoms with Crippen LogP contribution >= 0.6 is 0 Å². The molecule has 8 aromatic rings. The molecule has 0 N–H and O–H groups in total. The minimum atomic E-state index is 0.921. The topological polar surface area (TPSA) is 8.17 Å². The number of para-hydroxylation sites is 1. The van der Waals surface area contributed by atoms with Crippen LogP contribution in [0.2, 0.25) is 0 Å². The Labute approximate surface area is 328 Å². The number of rotatable bonds is 6. The summed E-state index contributed by atoms with van der Waals surface area (Å²) in [5.41, 5.74) is 18.0. The zero-order valence-electron chi connectivity index (χ0n) is 31.1. The molecule has 1 aliphatic heterocycles. The molecule has 0 fully saturated rings. The molecule has 0 bridgehead atoms. The highest BCUT2D eigenvalue weighted by atomic mass is 15.1. The van der Waals surface area contributed by atoms with Crippen molar-refractivity contribution in [3.05, 3.63) is 235 Å². The first kappa shape index (κ1) is 33.4. The third kappa shape index (κ3) is 6.12. The molecule has 2 aliphatic rings. The van der Waals surface area contributed by atoms with Crippen LogP contribution in [0.25, 0.3) is 66.4 Å². The van der Waals surface area contributed by atoms with E-state index in [0.29, 0.717) is 0 Å². The molecule has 0 radical (unpaired) electrons. The Morgan fingerprint density at radius 3 is 1.79 bits per heavy atom. The second kappa shape index (κ2) is 14.2. The highest BCUT2D eigenvalue weighted by Gasteiger charge is 2.23. The number of allylic oxidation sites excluding steroid dienone is 8. The van der Waals surface area contributed by atoms with Crippen molar-refractivity contribution >= 4 is 33.1 Å². The molecule has 0 saturated carbocycles. The zero-order valence-corrected chi connectivity index (χ0v) is 31.1. The second-order valence-corrected chi connectivity index (χ2v) is 14.6. The number of nitrogens with zero attached hydrogens (tertiary/aromatic N) is 2. The molecule has 56 heavy (non-hydrogen) atoms. The van der Waals surface area contributed by atoms with Crippen LogP contribution in [0.15, 0.2) is 230 Å². The van der Waals surface area contributed by atoms with Gasteiger partial charge in [-0.05, 0) is 124 Å². The van der Waals surface area contributed by atoms with Crippen LogP contribution in [0.4, 0.5) is 5.69 Å². The van der Waals surface area contributed by atoms with Crippen LogP contribution in [0.3, 0.4) is 0 Å². The van der Waals surface area contributed by atoms with Gasteiger partial charge in [0.15, 0.2) is 0 Å². The normalized spacial score (nSPS) is 15.3. The molecule has 2 nitrogen and oxygen atoms in total. The van der Waals surface area contributed by atoms with Gasteiger partial charge in [-0.25, -0.2) is 0 Å². The Balaban J connectivity index is 1.13. The van der Waals surface area contributed by atoms with Crippen molar-refractivity contribution in [1.29, 1.82) is 0 Å². The monoisotopic (exact) mass is 716 g/mol. The summed E-state index contributed by atoms with van der Waals surface area (Å²) >= 11 is 0. The highest BCUT2D eigenvalue weighted by Crippen LogP contribution is 2.41. The Kier molecular flexibility index (Phi) is 8.50. The second-order valence-electron chi connectivity index (χ2n) is 14.6. The van der Waals surface area contributed by atoms with E-state index in [9.17, 15) is 0 Å². The number of benzene rings is 7. The van der Waals surface area contributed by atoms with Crippen LogP contribution in [-0.2, 0) is 0 Å². The molecular weight excluding hydrogens is 677 g/mol. The van der Waals surface area contributed by atoms with Crippen molar-refractivity contribution in [1.82, 2.24) is 4.57 Å². The Morgan fingerprint density at radius 2 is 1.04 bits per heavy atom. The van der Waals surface area contributed by atoms with E-state index < -0.39 is 0 Å². The molecule has 0 saturated heterocycles. The summed E-state index contributed by atoms with van der Waals surface area (Å²) in [6.07, 6.45) is 12.7. The minimum Gasteiger partial charge on any atom is -0.320 e. The summed E-state index contributed by atoms with van der Waals surface area (Å²) in [5.74, 6) is 0. The predicted octanol–water partition coefficient (Wildman–Crippen LogP) is 14.4. The lowest BCUT2D eigenvalue weighted by atomic mass is 9.87. The first-order valence-corrected chi connectivity index (χ1v) is 19.4. The summed E-state index contributed by atoms with van der Waals surface area (Å²) in [6.45, 7) is 4.52. The molecule has 1 aromatic heterocycles. The lowest BCUT2D eigenvalue weighted by Gasteiger charge is -2.31. The molecule has 0 atom stereocenters. The Morgan fingerprint density at radius 1 is 0.429 bits per heavy atom. The molecular formula is C54H40N2. The van der Waals surface area contributed by atoms with Gasteiger partial charge < -0.3 is 9.47 Å². The molecule has 0 amide bonds. The van der Waals surface area contributed by atoms with E-state index in [0.717, 1.165) is 29.8 Å². The Bertz CT molecular complexity index is 2900. The van der Waals surface area contributed by atoms with E-state index in [2.05, 4.69) is 222 Å². The van der Waals surface area contributed by atoms with Crippen molar-refractivity contribution in [2.75, 3.05) is 4.90 Å². The minimum absolute atomic E-state index is 0.921. The first-order valence-electron chi connectivity index (χ1n) is 19.4. The Hall–Kier alpha value is -7.16. The fourth-order valence-corrected chi connectivity index (χ4v) is 8.43. The summed E-state index contributed by atoms with van der Waals surface area (Å²) in [5, 5.41) is 2.49. The number of aromatic nitrogens is 1. The van der Waals surface area contributed by atoms with Gasteiger partial charge in [-0.1, -0.05) is 146 Å². The van der Waals surface area contributed by atoms with E-state index in [-0.39, 0.29) is 0 Å². The predicted molar refractivity (Wildman–Crippen MR) is 238 cm³/mol. The van der Waals surface area contributed by atoms with Gasteiger partial charge in [-0.2, -0.15) is 0 Å². The van der Waals surface area contributed by atoms with Crippen LogP contribution in [0.5, 0.6) is 0 Å². The third-order valence-corrected chi connectivity index (χ3v) is 11.2. The fraction of sp³-hybridized carbons (Fsp3) is 0.0370. The number of fused-ring (bicyclic) bond motifs is 3. The SMILES string of the molecule is C=C1/C=C\C=C/N(c2ccccc2)C2=C1C=C(c1ccc3c(c1)c1ccc(-c4cccc(-c5ccccc5)c4)cc1n3-c1cccc(-c3ccccc3)c1)CC2. The van der Waals surface area contributed by atoms with E-state index in [1.54, 1.807) is 0 Å². The first-order chi connectivity index (χ1) is 27.7. The van der Waals surface area contributed by atoms with Crippen molar-refractivity contribution in [2.45, 2.75) is 12.8 Å². The van der Waals surface area contributed by atoms with Crippen molar-refractivity contribution in [2.24, 2.45) is 0 Å². The number of anilines is 1. The number of hydrogen-bond acceptors (Lipinski definition) is 1. The molecule has 2 heteroatoms. The van der Waals surface area contributed by atoms with E-state index in [1.165, 1.54) is 77.6 Å². The van der Waals surface area contributed by atoms with Crippen LogP contribution in [0.1, 0.15) is 18.4 Å². The van der Waals surface area contributed by atoms with Gasteiger partial charge in [0.25, 0.3) is 0 Å². The van der Waals surface area contributed by atoms with Gasteiger partial charge in [-0.3, -0.25) is 0 Å². The standard InChI is InChI=1S/C54H40N2/c1-38-15-11-12-32-55(47-23-9-4-10-24-47)52-30-27-44(35-50(38)52)45-28-31-53-51(36-45)49-29-26-46(42-21-13-20-41(33-42)39-16-5-2-6-17-39)37-54(49)56(53)48-25-14-22-43(34-48)40-18-7-3-8-19-40/h2-26,28-29,31-37H,1,27,30H2/b15-11-,32-12-. The highest BCUT2D eigenvalue weighted by molar-refractivity contribution is 6.11. The molecule has 1 aliphatic carbocycles. The lowest BCUT2D eigenvalue weighted by molar-refractivity contribution is 0.910.